The van der Waals surface area contributed by atoms with Gasteiger partial charge in [0.25, 0.3) is 0 Å². The van der Waals surface area contributed by atoms with E-state index in [4.69, 9.17) is 0 Å². The molecule has 2 amide bonds. The average molecular weight is 382 g/mol. The summed E-state index contributed by atoms with van der Waals surface area (Å²) in [6, 6.07) is 10.5. The SMILES string of the molecule is Cc1ccccc1CNC(=O)N1CCC(n2cc(-c3ccsc3)nn2)CC1. The van der Waals surface area contributed by atoms with Crippen molar-refractivity contribution in [2.24, 2.45) is 0 Å². The van der Waals surface area contributed by atoms with Crippen molar-refractivity contribution < 1.29 is 4.79 Å². The van der Waals surface area contributed by atoms with Crippen molar-refractivity contribution in [3.05, 3.63) is 58.4 Å². The number of thiophene rings is 1. The number of nitrogens with zero attached hydrogens (tertiary/aromatic N) is 4. The van der Waals surface area contributed by atoms with Gasteiger partial charge in [0, 0.05) is 30.6 Å². The van der Waals surface area contributed by atoms with E-state index in [1.54, 1.807) is 11.3 Å². The number of carbonyl (C=O) groups excluding carboxylic acids is 1. The molecule has 1 N–H and O–H groups in total. The summed E-state index contributed by atoms with van der Waals surface area (Å²) >= 11 is 1.66. The van der Waals surface area contributed by atoms with Gasteiger partial charge in [0.05, 0.1) is 12.2 Å². The zero-order valence-corrected chi connectivity index (χ0v) is 16.2. The Morgan fingerprint density at radius 1 is 1.26 bits per heavy atom. The monoisotopic (exact) mass is 381 g/mol. The summed E-state index contributed by atoms with van der Waals surface area (Å²) in [7, 11) is 0. The van der Waals surface area contributed by atoms with Crippen molar-refractivity contribution in [1.82, 2.24) is 25.2 Å². The Kier molecular flexibility index (Phi) is 5.20. The molecule has 6 nitrogen and oxygen atoms in total. The summed E-state index contributed by atoms with van der Waals surface area (Å²) in [6.45, 7) is 4.10. The fourth-order valence-electron chi connectivity index (χ4n) is 3.42. The van der Waals surface area contributed by atoms with Crippen LogP contribution in [-0.4, -0.2) is 39.0 Å². The van der Waals surface area contributed by atoms with E-state index >= 15 is 0 Å². The predicted molar refractivity (Wildman–Crippen MR) is 107 cm³/mol. The van der Waals surface area contributed by atoms with Gasteiger partial charge in [-0.2, -0.15) is 11.3 Å². The molecule has 140 valence electrons. The highest BCUT2D eigenvalue weighted by Gasteiger charge is 2.24. The highest BCUT2D eigenvalue weighted by molar-refractivity contribution is 7.08. The van der Waals surface area contributed by atoms with Gasteiger partial charge in [0.15, 0.2) is 0 Å². The predicted octanol–water partition coefficient (Wildman–Crippen LogP) is 3.86. The van der Waals surface area contributed by atoms with E-state index in [-0.39, 0.29) is 6.03 Å². The van der Waals surface area contributed by atoms with Gasteiger partial charge in [-0.3, -0.25) is 0 Å². The molecule has 1 aliphatic rings. The van der Waals surface area contributed by atoms with E-state index in [0.29, 0.717) is 12.6 Å². The van der Waals surface area contributed by atoms with Crippen molar-refractivity contribution in [1.29, 1.82) is 0 Å². The molecule has 4 rings (SSSR count). The van der Waals surface area contributed by atoms with E-state index in [1.807, 2.05) is 33.3 Å². The Morgan fingerprint density at radius 2 is 2.07 bits per heavy atom. The number of piperidine rings is 1. The van der Waals surface area contributed by atoms with Crippen molar-refractivity contribution in [3.63, 3.8) is 0 Å². The van der Waals surface area contributed by atoms with Crippen LogP contribution >= 0.6 is 11.3 Å². The second-order valence-corrected chi connectivity index (χ2v) is 7.68. The van der Waals surface area contributed by atoms with Crippen LogP contribution in [0.3, 0.4) is 0 Å². The minimum absolute atomic E-state index is 0.00857. The molecule has 1 fully saturated rings. The van der Waals surface area contributed by atoms with E-state index in [2.05, 4.69) is 46.1 Å². The van der Waals surface area contributed by atoms with Gasteiger partial charge >= 0.3 is 6.03 Å². The lowest BCUT2D eigenvalue weighted by Gasteiger charge is -2.31. The van der Waals surface area contributed by atoms with Crippen LogP contribution in [0.5, 0.6) is 0 Å². The van der Waals surface area contributed by atoms with Crippen molar-refractivity contribution in [2.75, 3.05) is 13.1 Å². The molecular formula is C20H23N5OS. The van der Waals surface area contributed by atoms with Crippen LogP contribution in [0.1, 0.15) is 30.0 Å². The topological polar surface area (TPSA) is 63.1 Å². The molecule has 1 aromatic carbocycles. The van der Waals surface area contributed by atoms with E-state index in [1.165, 1.54) is 5.56 Å². The molecule has 0 aliphatic carbocycles. The third kappa shape index (κ3) is 4.03. The third-order valence-corrected chi connectivity index (χ3v) is 5.83. The number of rotatable bonds is 4. The fourth-order valence-corrected chi connectivity index (χ4v) is 4.07. The number of benzene rings is 1. The number of aryl methyl sites for hydroxylation is 1. The molecule has 0 saturated carbocycles. The first-order valence-electron chi connectivity index (χ1n) is 9.22. The van der Waals surface area contributed by atoms with Gasteiger partial charge in [0.1, 0.15) is 5.69 Å². The zero-order valence-electron chi connectivity index (χ0n) is 15.3. The van der Waals surface area contributed by atoms with Crippen molar-refractivity contribution in [3.8, 4) is 11.3 Å². The standard InChI is InChI=1S/C20H23N5OS/c1-15-4-2-3-5-16(15)12-21-20(26)24-9-6-18(7-10-24)25-13-19(22-23-25)17-8-11-27-14-17/h2-5,8,11,13-14,18H,6-7,9-10,12H2,1H3,(H,21,26). The first-order valence-corrected chi connectivity index (χ1v) is 10.2. The molecule has 0 radical (unpaired) electrons. The summed E-state index contributed by atoms with van der Waals surface area (Å²) in [5, 5.41) is 15.8. The Balaban J connectivity index is 1.30. The van der Waals surface area contributed by atoms with Crippen LogP contribution in [0, 0.1) is 6.92 Å². The number of likely N-dealkylation sites (tertiary alicyclic amines) is 1. The fraction of sp³-hybridized carbons (Fsp3) is 0.350. The first kappa shape index (κ1) is 17.7. The third-order valence-electron chi connectivity index (χ3n) is 5.14. The second-order valence-electron chi connectivity index (χ2n) is 6.90. The molecule has 1 aliphatic heterocycles. The maximum atomic E-state index is 12.5. The number of hydrogen-bond donors (Lipinski definition) is 1. The van der Waals surface area contributed by atoms with Crippen LogP contribution < -0.4 is 5.32 Å². The summed E-state index contributed by atoms with van der Waals surface area (Å²) < 4.78 is 1.95. The number of amides is 2. The molecular weight excluding hydrogens is 358 g/mol. The lowest BCUT2D eigenvalue weighted by Crippen LogP contribution is -2.44. The molecule has 2 aromatic heterocycles. The molecule has 3 heterocycles. The largest absolute Gasteiger partial charge is 0.334 e. The maximum absolute atomic E-state index is 12.5. The lowest BCUT2D eigenvalue weighted by atomic mass is 10.1. The van der Waals surface area contributed by atoms with Crippen LogP contribution in [0.25, 0.3) is 11.3 Å². The quantitative estimate of drug-likeness (QED) is 0.746. The summed E-state index contributed by atoms with van der Waals surface area (Å²) in [6.07, 6.45) is 3.80. The van der Waals surface area contributed by atoms with Gasteiger partial charge in [-0.15, -0.1) is 5.10 Å². The van der Waals surface area contributed by atoms with Gasteiger partial charge < -0.3 is 10.2 Å². The van der Waals surface area contributed by atoms with Crippen LogP contribution in [0.15, 0.2) is 47.3 Å². The van der Waals surface area contributed by atoms with Crippen molar-refractivity contribution in [2.45, 2.75) is 32.4 Å². The molecule has 1 saturated heterocycles. The first-order chi connectivity index (χ1) is 13.2. The van der Waals surface area contributed by atoms with Crippen LogP contribution in [-0.2, 0) is 6.54 Å². The van der Waals surface area contributed by atoms with Crippen LogP contribution in [0.4, 0.5) is 4.79 Å². The smallest absolute Gasteiger partial charge is 0.317 e. The second kappa shape index (κ2) is 7.92. The minimum Gasteiger partial charge on any atom is -0.334 e. The molecule has 0 atom stereocenters. The normalized spacial score (nSPS) is 15.1. The molecule has 3 aromatic rings. The number of hydrogen-bond acceptors (Lipinski definition) is 4. The van der Waals surface area contributed by atoms with Gasteiger partial charge in [-0.25, -0.2) is 9.48 Å². The maximum Gasteiger partial charge on any atom is 0.317 e. The molecule has 0 unspecified atom stereocenters. The number of nitrogens with one attached hydrogen (secondary N) is 1. The Bertz CT molecular complexity index is 897. The molecule has 0 bridgehead atoms. The highest BCUT2D eigenvalue weighted by Crippen LogP contribution is 2.25. The van der Waals surface area contributed by atoms with E-state index in [0.717, 1.165) is 42.8 Å². The number of aromatic nitrogens is 3. The minimum atomic E-state index is 0.00857. The highest BCUT2D eigenvalue weighted by atomic mass is 32.1. The average Bonchev–Trinajstić information content (AvgIpc) is 3.39. The van der Waals surface area contributed by atoms with Gasteiger partial charge in [-0.05, 0) is 42.3 Å². The van der Waals surface area contributed by atoms with Gasteiger partial charge in [-0.1, -0.05) is 29.5 Å². The summed E-state index contributed by atoms with van der Waals surface area (Å²) in [4.78, 5) is 14.4. The zero-order chi connectivity index (χ0) is 18.6. The Labute approximate surface area is 162 Å². The Hall–Kier alpha value is -2.67. The van der Waals surface area contributed by atoms with Crippen molar-refractivity contribution >= 4 is 17.4 Å². The van der Waals surface area contributed by atoms with Crippen LogP contribution in [0.2, 0.25) is 0 Å². The molecule has 0 spiro atoms. The lowest BCUT2D eigenvalue weighted by molar-refractivity contribution is 0.167. The van der Waals surface area contributed by atoms with E-state index < -0.39 is 0 Å². The van der Waals surface area contributed by atoms with Gasteiger partial charge in [0.2, 0.25) is 0 Å². The number of carbonyl (C=O) groups is 1. The summed E-state index contributed by atoms with van der Waals surface area (Å²) in [5.41, 5.74) is 4.38. The summed E-state index contributed by atoms with van der Waals surface area (Å²) in [5.74, 6) is 0. The van der Waals surface area contributed by atoms with E-state index in [9.17, 15) is 4.79 Å². The number of urea groups is 1. The molecule has 7 heteroatoms. The Morgan fingerprint density at radius 3 is 2.81 bits per heavy atom. The molecule has 27 heavy (non-hydrogen) atoms.